The zero-order valence-corrected chi connectivity index (χ0v) is 17.8. The number of hydrogen-bond donors (Lipinski definition) is 2. The van der Waals surface area contributed by atoms with E-state index in [1.807, 2.05) is 24.3 Å². The second kappa shape index (κ2) is 9.65. The van der Waals surface area contributed by atoms with Crippen LogP contribution >= 0.6 is 0 Å². The summed E-state index contributed by atoms with van der Waals surface area (Å²) in [5.41, 5.74) is 2.95. The third kappa shape index (κ3) is 4.91. The van der Waals surface area contributed by atoms with Gasteiger partial charge in [-0.05, 0) is 46.7 Å². The van der Waals surface area contributed by atoms with Crippen LogP contribution in [0.3, 0.4) is 0 Å². The van der Waals surface area contributed by atoms with Gasteiger partial charge in [-0.3, -0.25) is 14.9 Å². The molecule has 1 aromatic heterocycles. The molecule has 2 N–H and O–H groups in total. The molecule has 0 aliphatic heterocycles. The molecule has 1 amide bonds. The van der Waals surface area contributed by atoms with Crippen LogP contribution in [0, 0.1) is 10.1 Å². The Labute approximate surface area is 193 Å². The Balaban J connectivity index is 1.45. The molecule has 1 heterocycles. The van der Waals surface area contributed by atoms with Crippen molar-refractivity contribution in [3.8, 4) is 23.1 Å². The lowest BCUT2D eigenvalue weighted by atomic mass is 10.1. The Kier molecular flexibility index (Phi) is 6.31. The summed E-state index contributed by atoms with van der Waals surface area (Å²) in [4.78, 5) is 26.6. The van der Waals surface area contributed by atoms with Crippen LogP contribution < -0.4 is 14.9 Å². The highest BCUT2D eigenvalue weighted by molar-refractivity contribution is 6.01. The second-order valence-electron chi connectivity index (χ2n) is 7.04. The largest absolute Gasteiger partial charge is 0.507 e. The van der Waals surface area contributed by atoms with Crippen LogP contribution in [0.25, 0.3) is 10.8 Å². The highest BCUT2D eigenvalue weighted by atomic mass is 16.6. The second-order valence-corrected chi connectivity index (χ2v) is 7.04. The molecular weight excluding hydrogens is 440 g/mol. The van der Waals surface area contributed by atoms with Crippen molar-refractivity contribution in [2.24, 2.45) is 5.10 Å². The molecule has 0 saturated heterocycles. The van der Waals surface area contributed by atoms with E-state index in [4.69, 9.17) is 9.47 Å². The van der Waals surface area contributed by atoms with Crippen LogP contribution in [-0.4, -0.2) is 34.2 Å². The summed E-state index contributed by atoms with van der Waals surface area (Å²) in [5.74, 6) is 0.159. The van der Waals surface area contributed by atoms with E-state index in [0.29, 0.717) is 17.1 Å². The van der Waals surface area contributed by atoms with Gasteiger partial charge in [0.2, 0.25) is 5.88 Å². The number of pyridine rings is 1. The van der Waals surface area contributed by atoms with E-state index in [2.05, 4.69) is 15.5 Å². The van der Waals surface area contributed by atoms with E-state index in [1.54, 1.807) is 24.3 Å². The number of amides is 1. The van der Waals surface area contributed by atoms with Gasteiger partial charge in [0.15, 0.2) is 11.5 Å². The lowest BCUT2D eigenvalue weighted by Crippen LogP contribution is -2.17. The van der Waals surface area contributed by atoms with Crippen LogP contribution in [0.15, 0.2) is 78.0 Å². The van der Waals surface area contributed by atoms with Gasteiger partial charge >= 0.3 is 0 Å². The first-order chi connectivity index (χ1) is 16.4. The van der Waals surface area contributed by atoms with Crippen molar-refractivity contribution in [3.63, 3.8) is 0 Å². The highest BCUT2D eigenvalue weighted by Gasteiger charge is 2.13. The predicted molar refractivity (Wildman–Crippen MR) is 125 cm³/mol. The van der Waals surface area contributed by atoms with E-state index in [-0.39, 0.29) is 22.9 Å². The fourth-order valence-corrected chi connectivity index (χ4v) is 3.14. The minimum atomic E-state index is -0.560. The van der Waals surface area contributed by atoms with Gasteiger partial charge in [-0.2, -0.15) is 5.10 Å². The summed E-state index contributed by atoms with van der Waals surface area (Å²) < 4.78 is 11.0. The zero-order valence-electron chi connectivity index (χ0n) is 17.8. The first kappa shape index (κ1) is 22.2. The average molecular weight is 458 g/mol. The van der Waals surface area contributed by atoms with Crippen molar-refractivity contribution < 1.29 is 24.3 Å². The SMILES string of the molecule is COc1cc(C=NNC(=O)c2cc3ccccc3cc2O)ccc1Oc1ccc([N+](=O)[O-])cn1. The molecule has 10 heteroatoms. The first-order valence-electron chi connectivity index (χ1n) is 9.96. The number of nitrogens with one attached hydrogen (secondary N) is 1. The van der Waals surface area contributed by atoms with Gasteiger partial charge in [-0.25, -0.2) is 10.4 Å². The molecule has 170 valence electrons. The molecule has 0 unspecified atom stereocenters. The smallest absolute Gasteiger partial charge is 0.287 e. The summed E-state index contributed by atoms with van der Waals surface area (Å²) in [6.45, 7) is 0. The van der Waals surface area contributed by atoms with Crippen molar-refractivity contribution >= 4 is 28.6 Å². The number of benzene rings is 3. The van der Waals surface area contributed by atoms with E-state index < -0.39 is 10.8 Å². The van der Waals surface area contributed by atoms with Crippen molar-refractivity contribution in [2.45, 2.75) is 0 Å². The minimum Gasteiger partial charge on any atom is -0.507 e. The number of fused-ring (bicyclic) bond motifs is 1. The van der Waals surface area contributed by atoms with Crippen molar-refractivity contribution in [1.29, 1.82) is 0 Å². The number of carbonyl (C=O) groups is 1. The quantitative estimate of drug-likeness (QED) is 0.238. The Hall–Kier alpha value is -4.99. The maximum atomic E-state index is 12.5. The molecule has 4 rings (SSSR count). The number of aromatic hydroxyl groups is 1. The number of aromatic nitrogens is 1. The molecule has 34 heavy (non-hydrogen) atoms. The topological polar surface area (TPSA) is 136 Å². The van der Waals surface area contributed by atoms with Gasteiger partial charge in [0.05, 0.1) is 23.8 Å². The number of hydrogen-bond acceptors (Lipinski definition) is 8. The molecule has 0 aliphatic rings. The lowest BCUT2D eigenvalue weighted by molar-refractivity contribution is -0.385. The number of rotatable bonds is 7. The van der Waals surface area contributed by atoms with Crippen LogP contribution in [0.4, 0.5) is 5.69 Å². The number of nitrogens with zero attached hydrogens (tertiary/aromatic N) is 3. The Morgan fingerprint density at radius 2 is 1.85 bits per heavy atom. The summed E-state index contributed by atoms with van der Waals surface area (Å²) in [6, 6.07) is 18.1. The fourth-order valence-electron chi connectivity index (χ4n) is 3.14. The molecule has 0 atom stereocenters. The summed E-state index contributed by atoms with van der Waals surface area (Å²) in [6.07, 6.45) is 2.51. The monoisotopic (exact) mass is 458 g/mol. The third-order valence-corrected chi connectivity index (χ3v) is 4.82. The average Bonchev–Trinajstić information content (AvgIpc) is 2.84. The van der Waals surface area contributed by atoms with Crippen LogP contribution in [0.2, 0.25) is 0 Å². The summed E-state index contributed by atoms with van der Waals surface area (Å²) in [5, 5.41) is 26.5. The van der Waals surface area contributed by atoms with Gasteiger partial charge < -0.3 is 14.6 Å². The number of ether oxygens (including phenoxy) is 2. The number of phenolic OH excluding ortho intramolecular Hbond substituents is 1. The molecule has 10 nitrogen and oxygen atoms in total. The zero-order chi connectivity index (χ0) is 24.1. The van der Waals surface area contributed by atoms with Crippen LogP contribution in [-0.2, 0) is 0 Å². The maximum absolute atomic E-state index is 12.5. The highest BCUT2D eigenvalue weighted by Crippen LogP contribution is 2.31. The first-order valence-corrected chi connectivity index (χ1v) is 9.96. The number of hydrazone groups is 1. The summed E-state index contributed by atoms with van der Waals surface area (Å²) in [7, 11) is 1.46. The van der Waals surface area contributed by atoms with Gasteiger partial charge in [0.1, 0.15) is 11.9 Å². The molecule has 0 radical (unpaired) electrons. The van der Waals surface area contributed by atoms with E-state index in [1.165, 1.54) is 31.5 Å². The van der Waals surface area contributed by atoms with Gasteiger partial charge in [-0.15, -0.1) is 0 Å². The normalized spacial score (nSPS) is 10.9. The lowest BCUT2D eigenvalue weighted by Gasteiger charge is -2.10. The van der Waals surface area contributed by atoms with Gasteiger partial charge in [-0.1, -0.05) is 24.3 Å². The number of carbonyl (C=O) groups excluding carboxylic acids is 1. The number of nitro groups is 1. The van der Waals surface area contributed by atoms with Gasteiger partial charge in [0, 0.05) is 12.1 Å². The Bertz CT molecular complexity index is 1400. The molecule has 0 aliphatic carbocycles. The fraction of sp³-hybridized carbons (Fsp3) is 0.0417. The Morgan fingerprint density at radius 3 is 2.53 bits per heavy atom. The molecule has 0 fully saturated rings. The van der Waals surface area contributed by atoms with Crippen molar-refractivity contribution in [2.75, 3.05) is 7.11 Å². The van der Waals surface area contributed by atoms with E-state index >= 15 is 0 Å². The van der Waals surface area contributed by atoms with E-state index in [9.17, 15) is 20.0 Å². The molecule has 4 aromatic rings. The van der Waals surface area contributed by atoms with Crippen LogP contribution in [0.5, 0.6) is 23.1 Å². The standard InChI is InChI=1S/C24H18N4O6/c1-33-22-10-15(6-8-21(22)34-23-9-7-18(14-25-23)28(31)32)13-26-27-24(30)19-11-16-4-2-3-5-17(16)12-20(19)29/h2-14,29H,1H3,(H,27,30). The van der Waals surface area contributed by atoms with Crippen molar-refractivity contribution in [3.05, 3.63) is 94.2 Å². The maximum Gasteiger partial charge on any atom is 0.287 e. The predicted octanol–water partition coefficient (Wildman–Crippen LogP) is 4.41. The minimum absolute atomic E-state index is 0.104. The van der Waals surface area contributed by atoms with Crippen molar-refractivity contribution in [1.82, 2.24) is 10.4 Å². The number of methoxy groups -OCH3 is 1. The van der Waals surface area contributed by atoms with Crippen LogP contribution in [0.1, 0.15) is 15.9 Å². The number of phenols is 1. The molecular formula is C24H18N4O6. The molecule has 0 bridgehead atoms. The molecule has 0 spiro atoms. The Morgan fingerprint density at radius 1 is 1.09 bits per heavy atom. The molecule has 0 saturated carbocycles. The third-order valence-electron chi connectivity index (χ3n) is 4.82. The summed E-state index contributed by atoms with van der Waals surface area (Å²) >= 11 is 0. The van der Waals surface area contributed by atoms with E-state index in [0.717, 1.165) is 17.0 Å². The van der Waals surface area contributed by atoms with Gasteiger partial charge in [0.25, 0.3) is 11.6 Å². The molecule has 3 aromatic carbocycles.